The summed E-state index contributed by atoms with van der Waals surface area (Å²) in [6.07, 6.45) is 0.545. The topological polar surface area (TPSA) is 32.7 Å². The second kappa shape index (κ2) is 5.75. The maximum absolute atomic E-state index is 10.9. The van der Waals surface area contributed by atoms with Gasteiger partial charge in [0, 0.05) is 26.1 Å². The van der Waals surface area contributed by atoms with Crippen LogP contribution >= 0.6 is 0 Å². The predicted molar refractivity (Wildman–Crippen MR) is 89.8 cm³/mol. The summed E-state index contributed by atoms with van der Waals surface area (Å²) in [7, 11) is 0. The second-order valence-electron chi connectivity index (χ2n) is 6.80. The number of ether oxygens (including phenoxy) is 1. The summed E-state index contributed by atoms with van der Waals surface area (Å²) in [6.45, 7) is 5.49. The lowest BCUT2D eigenvalue weighted by Crippen LogP contribution is -2.33. The quantitative estimate of drug-likeness (QED) is 0.945. The van der Waals surface area contributed by atoms with Gasteiger partial charge in [-0.1, -0.05) is 48.5 Å². The molecule has 0 radical (unpaired) electrons. The molecule has 2 aromatic carbocycles. The minimum absolute atomic E-state index is 0.137. The fourth-order valence-electron chi connectivity index (χ4n) is 3.80. The molecule has 0 saturated carbocycles. The molecule has 0 aliphatic carbocycles. The van der Waals surface area contributed by atoms with Crippen LogP contribution in [0, 0.1) is 0 Å². The number of nitrogens with zero attached hydrogens (tertiary/aromatic N) is 1. The van der Waals surface area contributed by atoms with Crippen molar-refractivity contribution in [2.45, 2.75) is 44.7 Å². The van der Waals surface area contributed by atoms with Crippen molar-refractivity contribution in [1.29, 1.82) is 0 Å². The third-order valence-electron chi connectivity index (χ3n) is 5.27. The molecular weight excluding hydrogens is 286 g/mol. The van der Waals surface area contributed by atoms with Crippen molar-refractivity contribution in [2.24, 2.45) is 0 Å². The lowest BCUT2D eigenvalue weighted by molar-refractivity contribution is -0.0317. The molecule has 2 aromatic rings. The van der Waals surface area contributed by atoms with Crippen molar-refractivity contribution >= 4 is 0 Å². The molecule has 2 unspecified atom stereocenters. The zero-order chi connectivity index (χ0) is 15.9. The van der Waals surface area contributed by atoms with Crippen LogP contribution < -0.4 is 0 Å². The molecule has 2 atom stereocenters. The van der Waals surface area contributed by atoms with Gasteiger partial charge in [-0.3, -0.25) is 4.90 Å². The van der Waals surface area contributed by atoms with E-state index in [9.17, 15) is 5.11 Å². The van der Waals surface area contributed by atoms with E-state index in [0.717, 1.165) is 25.2 Å². The Kier molecular flexibility index (Phi) is 3.72. The summed E-state index contributed by atoms with van der Waals surface area (Å²) in [5.74, 6) is 0. The van der Waals surface area contributed by atoms with Gasteiger partial charge in [0.1, 0.15) is 5.60 Å². The Hall–Kier alpha value is -1.68. The second-order valence-corrected chi connectivity index (χ2v) is 6.80. The molecule has 2 aliphatic rings. The molecule has 3 heteroatoms. The lowest BCUT2D eigenvalue weighted by atomic mass is 9.86. The van der Waals surface area contributed by atoms with Gasteiger partial charge in [-0.25, -0.2) is 0 Å². The van der Waals surface area contributed by atoms with Crippen molar-refractivity contribution in [3.05, 3.63) is 70.8 Å². The van der Waals surface area contributed by atoms with E-state index in [0.29, 0.717) is 13.0 Å². The van der Waals surface area contributed by atoms with Gasteiger partial charge >= 0.3 is 0 Å². The first-order valence-electron chi connectivity index (χ1n) is 8.38. The van der Waals surface area contributed by atoms with Gasteiger partial charge < -0.3 is 9.84 Å². The molecule has 2 heterocycles. The average Bonchev–Trinajstić information content (AvgIpc) is 3.11. The molecule has 1 N–H and O–H groups in total. The molecule has 120 valence electrons. The molecular formula is C20H23NO2. The molecule has 23 heavy (non-hydrogen) atoms. The Morgan fingerprint density at radius 3 is 2.65 bits per heavy atom. The minimum atomic E-state index is -0.831. The van der Waals surface area contributed by atoms with E-state index in [1.165, 1.54) is 16.7 Å². The number of hydrogen-bond donors (Lipinski definition) is 1. The maximum Gasteiger partial charge on any atom is 0.118 e. The molecule has 2 aliphatic heterocycles. The molecule has 4 rings (SSSR count). The summed E-state index contributed by atoms with van der Waals surface area (Å²) in [6, 6.07) is 17.0. The molecule has 0 spiro atoms. The monoisotopic (exact) mass is 309 g/mol. The molecule has 0 aromatic heterocycles. The Morgan fingerprint density at radius 1 is 1.13 bits per heavy atom. The van der Waals surface area contributed by atoms with Crippen LogP contribution in [-0.4, -0.2) is 22.7 Å². The highest BCUT2D eigenvalue weighted by atomic mass is 16.5. The fraction of sp³-hybridized carbons (Fsp3) is 0.400. The van der Waals surface area contributed by atoms with Crippen LogP contribution in [-0.2, 0) is 30.0 Å². The summed E-state index contributed by atoms with van der Waals surface area (Å²) >= 11 is 0. The highest BCUT2D eigenvalue weighted by Gasteiger charge is 2.41. The minimum Gasteiger partial charge on any atom is -0.382 e. The van der Waals surface area contributed by atoms with Gasteiger partial charge in [0.05, 0.1) is 12.7 Å². The fourth-order valence-corrected chi connectivity index (χ4v) is 3.80. The predicted octanol–water partition coefficient (Wildman–Crippen LogP) is 3.20. The van der Waals surface area contributed by atoms with Gasteiger partial charge in [0.25, 0.3) is 0 Å². The van der Waals surface area contributed by atoms with Gasteiger partial charge in [0.2, 0.25) is 0 Å². The lowest BCUT2D eigenvalue weighted by Gasteiger charge is -2.27. The van der Waals surface area contributed by atoms with Crippen LogP contribution in [0.4, 0.5) is 0 Å². The van der Waals surface area contributed by atoms with Crippen molar-refractivity contribution < 1.29 is 9.84 Å². The molecule has 1 fully saturated rings. The van der Waals surface area contributed by atoms with Crippen LogP contribution in [0.15, 0.2) is 48.5 Å². The SMILES string of the molecule is CC1OCCC1(O)c1ccc2c(c1)CN(Cc1ccccc1)C2. The number of rotatable bonds is 3. The van der Waals surface area contributed by atoms with Crippen LogP contribution in [0.3, 0.4) is 0 Å². The Labute approximate surface area is 137 Å². The first-order chi connectivity index (χ1) is 11.1. The van der Waals surface area contributed by atoms with E-state index < -0.39 is 5.60 Å². The maximum atomic E-state index is 10.9. The van der Waals surface area contributed by atoms with Crippen LogP contribution in [0.25, 0.3) is 0 Å². The van der Waals surface area contributed by atoms with E-state index in [2.05, 4.69) is 53.4 Å². The molecule has 3 nitrogen and oxygen atoms in total. The van der Waals surface area contributed by atoms with E-state index in [-0.39, 0.29) is 6.10 Å². The Bertz CT molecular complexity index is 700. The molecule has 0 bridgehead atoms. The average molecular weight is 309 g/mol. The zero-order valence-corrected chi connectivity index (χ0v) is 13.5. The third-order valence-corrected chi connectivity index (χ3v) is 5.27. The largest absolute Gasteiger partial charge is 0.382 e. The summed E-state index contributed by atoms with van der Waals surface area (Å²) in [5, 5.41) is 10.9. The van der Waals surface area contributed by atoms with Crippen molar-refractivity contribution in [1.82, 2.24) is 4.90 Å². The van der Waals surface area contributed by atoms with Crippen LogP contribution in [0.2, 0.25) is 0 Å². The summed E-state index contributed by atoms with van der Waals surface area (Å²) in [5.41, 5.74) is 4.23. The van der Waals surface area contributed by atoms with Gasteiger partial charge in [-0.2, -0.15) is 0 Å². The third kappa shape index (κ3) is 2.69. The Morgan fingerprint density at radius 2 is 1.91 bits per heavy atom. The smallest absolute Gasteiger partial charge is 0.118 e. The number of benzene rings is 2. The summed E-state index contributed by atoms with van der Waals surface area (Å²) < 4.78 is 5.58. The highest BCUT2D eigenvalue weighted by Crippen LogP contribution is 2.37. The van der Waals surface area contributed by atoms with Crippen LogP contribution in [0.5, 0.6) is 0 Å². The highest BCUT2D eigenvalue weighted by molar-refractivity contribution is 5.38. The number of aliphatic hydroxyl groups is 1. The summed E-state index contributed by atoms with van der Waals surface area (Å²) in [4.78, 5) is 2.45. The normalized spacial score (nSPS) is 27.3. The first-order valence-corrected chi connectivity index (χ1v) is 8.38. The Balaban J connectivity index is 1.53. The van der Waals surface area contributed by atoms with Crippen molar-refractivity contribution in [3.8, 4) is 0 Å². The van der Waals surface area contributed by atoms with E-state index in [1.54, 1.807) is 0 Å². The zero-order valence-electron chi connectivity index (χ0n) is 13.5. The number of fused-ring (bicyclic) bond motifs is 1. The van der Waals surface area contributed by atoms with Gasteiger partial charge in [-0.05, 0) is 29.2 Å². The first kappa shape index (κ1) is 14.9. The van der Waals surface area contributed by atoms with Crippen molar-refractivity contribution in [3.63, 3.8) is 0 Å². The van der Waals surface area contributed by atoms with E-state index in [4.69, 9.17) is 4.74 Å². The molecule has 1 saturated heterocycles. The number of hydrogen-bond acceptors (Lipinski definition) is 3. The van der Waals surface area contributed by atoms with Gasteiger partial charge in [0.15, 0.2) is 0 Å². The standard InChI is InChI=1S/C20H23NO2/c1-15-20(22,9-10-23-15)19-8-7-17-13-21(14-18(17)11-19)12-16-5-3-2-4-6-16/h2-8,11,15,22H,9-10,12-14H2,1H3. The molecule has 0 amide bonds. The van der Waals surface area contributed by atoms with Crippen LogP contribution in [0.1, 0.15) is 35.6 Å². The van der Waals surface area contributed by atoms with Gasteiger partial charge in [-0.15, -0.1) is 0 Å². The van der Waals surface area contributed by atoms with Crippen molar-refractivity contribution in [2.75, 3.05) is 6.61 Å². The van der Waals surface area contributed by atoms with E-state index >= 15 is 0 Å². The van der Waals surface area contributed by atoms with E-state index in [1.807, 2.05) is 6.92 Å².